The third-order valence-corrected chi connectivity index (χ3v) is 8.17. The molecule has 2 unspecified atom stereocenters. The third kappa shape index (κ3) is 3.80. The number of halogens is 2. The van der Waals surface area contributed by atoms with E-state index in [1.807, 2.05) is 26.0 Å². The summed E-state index contributed by atoms with van der Waals surface area (Å²) in [6, 6.07) is 10.1. The van der Waals surface area contributed by atoms with E-state index in [4.69, 9.17) is 16.6 Å². The molecule has 2 aliphatic rings. The lowest BCUT2D eigenvalue weighted by Gasteiger charge is -2.28. The van der Waals surface area contributed by atoms with E-state index < -0.39 is 9.84 Å². The van der Waals surface area contributed by atoms with Gasteiger partial charge in [-0.25, -0.2) is 12.8 Å². The van der Waals surface area contributed by atoms with Gasteiger partial charge in [0, 0.05) is 16.5 Å². The van der Waals surface area contributed by atoms with Crippen LogP contribution in [0.5, 0.6) is 0 Å². The number of thioether (sulfide) groups is 1. The molecule has 4 nitrogen and oxygen atoms in total. The molecular formula is C20H20ClFN2O2S2. The van der Waals surface area contributed by atoms with Gasteiger partial charge < -0.3 is 4.90 Å². The fraction of sp³-hybridized carbons (Fsp3) is 0.350. The van der Waals surface area contributed by atoms with Crippen molar-refractivity contribution in [2.75, 3.05) is 16.4 Å². The average Bonchev–Trinajstić information content (AvgIpc) is 3.07. The van der Waals surface area contributed by atoms with Gasteiger partial charge in [-0.1, -0.05) is 41.6 Å². The molecule has 0 aromatic heterocycles. The molecule has 0 amide bonds. The van der Waals surface area contributed by atoms with Crippen LogP contribution < -0.4 is 4.90 Å². The Labute approximate surface area is 173 Å². The standard InChI is InChI=1S/C20H20ClFN2O2S2/c1-12-3-4-13(2)18(7-12)24-19-11-28(25,26)10-17(19)23-20(24)27-9-14-5-6-15(22)8-16(14)21/h3-8,17,19H,9-11H2,1-2H3. The lowest BCUT2D eigenvalue weighted by atomic mass is 10.1. The van der Waals surface area contributed by atoms with Gasteiger partial charge in [0.05, 0.1) is 23.6 Å². The van der Waals surface area contributed by atoms with Crippen molar-refractivity contribution < 1.29 is 12.8 Å². The van der Waals surface area contributed by atoms with E-state index in [0.717, 1.165) is 27.5 Å². The summed E-state index contributed by atoms with van der Waals surface area (Å²) in [5.41, 5.74) is 3.99. The quantitative estimate of drug-likeness (QED) is 0.713. The summed E-state index contributed by atoms with van der Waals surface area (Å²) in [7, 11) is -3.09. The number of sulfone groups is 1. The van der Waals surface area contributed by atoms with Crippen molar-refractivity contribution >= 4 is 44.1 Å². The van der Waals surface area contributed by atoms with Gasteiger partial charge in [-0.2, -0.15) is 0 Å². The summed E-state index contributed by atoms with van der Waals surface area (Å²) in [5, 5.41) is 1.17. The van der Waals surface area contributed by atoms with Crippen molar-refractivity contribution in [3.05, 3.63) is 63.9 Å². The first-order chi connectivity index (χ1) is 13.2. The number of nitrogens with zero attached hydrogens (tertiary/aromatic N) is 2. The van der Waals surface area contributed by atoms with Crippen LogP contribution >= 0.6 is 23.4 Å². The molecule has 28 heavy (non-hydrogen) atoms. The SMILES string of the molecule is Cc1ccc(C)c(N2C(SCc3ccc(F)cc3Cl)=NC3CS(=O)(=O)CC32)c1. The molecule has 2 aromatic carbocycles. The van der Waals surface area contributed by atoms with Crippen molar-refractivity contribution in [2.45, 2.75) is 31.7 Å². The number of hydrogen-bond donors (Lipinski definition) is 0. The smallest absolute Gasteiger partial charge is 0.164 e. The maximum Gasteiger partial charge on any atom is 0.164 e. The normalized spacial score (nSPS) is 23.0. The molecule has 0 spiro atoms. The number of rotatable bonds is 3. The number of benzene rings is 2. The second kappa shape index (κ2) is 7.35. The Bertz CT molecular complexity index is 1070. The summed E-state index contributed by atoms with van der Waals surface area (Å²) >= 11 is 7.67. The Morgan fingerprint density at radius 3 is 2.75 bits per heavy atom. The molecule has 1 saturated heterocycles. The highest BCUT2D eigenvalue weighted by molar-refractivity contribution is 8.13. The van der Waals surface area contributed by atoms with Crippen LogP contribution in [0, 0.1) is 19.7 Å². The molecule has 2 aliphatic heterocycles. The molecule has 0 bridgehead atoms. The molecule has 1 fully saturated rings. The second-order valence-corrected chi connectivity index (χ2v) is 10.8. The van der Waals surface area contributed by atoms with Crippen LogP contribution in [0.2, 0.25) is 5.02 Å². The zero-order valence-corrected chi connectivity index (χ0v) is 17.9. The molecule has 0 saturated carbocycles. The van der Waals surface area contributed by atoms with E-state index in [1.54, 1.807) is 6.07 Å². The molecule has 4 rings (SSSR count). The van der Waals surface area contributed by atoms with Gasteiger partial charge in [-0.05, 0) is 48.7 Å². The molecule has 0 N–H and O–H groups in total. The topological polar surface area (TPSA) is 49.7 Å². The van der Waals surface area contributed by atoms with Crippen molar-refractivity contribution in [1.82, 2.24) is 0 Å². The minimum absolute atomic E-state index is 0.0837. The van der Waals surface area contributed by atoms with E-state index in [9.17, 15) is 12.8 Å². The predicted molar refractivity (Wildman–Crippen MR) is 115 cm³/mol. The molecule has 2 atom stereocenters. The van der Waals surface area contributed by atoms with Gasteiger partial charge in [-0.15, -0.1) is 0 Å². The van der Waals surface area contributed by atoms with Crippen LogP contribution in [0.3, 0.4) is 0 Å². The van der Waals surface area contributed by atoms with Gasteiger partial charge in [0.15, 0.2) is 15.0 Å². The van der Waals surface area contributed by atoms with Crippen LogP contribution in [-0.2, 0) is 15.6 Å². The van der Waals surface area contributed by atoms with Crippen molar-refractivity contribution in [2.24, 2.45) is 4.99 Å². The molecule has 2 aromatic rings. The van der Waals surface area contributed by atoms with E-state index in [2.05, 4.69) is 11.0 Å². The predicted octanol–water partition coefficient (Wildman–Crippen LogP) is 4.37. The molecule has 148 valence electrons. The van der Waals surface area contributed by atoms with Crippen molar-refractivity contribution in [1.29, 1.82) is 0 Å². The van der Waals surface area contributed by atoms with Gasteiger partial charge >= 0.3 is 0 Å². The second-order valence-electron chi connectivity index (χ2n) is 7.31. The van der Waals surface area contributed by atoms with Crippen LogP contribution in [0.25, 0.3) is 0 Å². The number of amidine groups is 1. The fourth-order valence-electron chi connectivity index (χ4n) is 3.67. The van der Waals surface area contributed by atoms with Gasteiger partial charge in [0.1, 0.15) is 5.82 Å². The van der Waals surface area contributed by atoms with Gasteiger partial charge in [0.25, 0.3) is 0 Å². The Hall–Kier alpha value is -1.57. The van der Waals surface area contributed by atoms with Crippen molar-refractivity contribution in [3.8, 4) is 0 Å². The molecule has 8 heteroatoms. The number of anilines is 1. The summed E-state index contributed by atoms with van der Waals surface area (Å²) in [5.74, 6) is 0.357. The lowest BCUT2D eigenvalue weighted by molar-refractivity contribution is 0.601. The third-order valence-electron chi connectivity index (χ3n) is 5.10. The van der Waals surface area contributed by atoms with Crippen LogP contribution in [-0.4, -0.2) is 37.2 Å². The highest BCUT2D eigenvalue weighted by Crippen LogP contribution is 2.38. The van der Waals surface area contributed by atoms with E-state index in [1.165, 1.54) is 23.9 Å². The fourth-order valence-corrected chi connectivity index (χ4v) is 6.95. The van der Waals surface area contributed by atoms with E-state index in [0.29, 0.717) is 10.8 Å². The monoisotopic (exact) mass is 438 g/mol. The van der Waals surface area contributed by atoms with Crippen LogP contribution in [0.4, 0.5) is 10.1 Å². The highest BCUT2D eigenvalue weighted by atomic mass is 35.5. The van der Waals surface area contributed by atoms with Gasteiger partial charge in [-0.3, -0.25) is 4.99 Å². The van der Waals surface area contributed by atoms with Crippen LogP contribution in [0.1, 0.15) is 16.7 Å². The minimum Gasteiger partial charge on any atom is -0.315 e. The number of fused-ring (bicyclic) bond motifs is 1. The first-order valence-corrected chi connectivity index (χ1v) is 12.1. The Kier molecular flexibility index (Phi) is 5.18. The number of aryl methyl sites for hydroxylation is 2. The zero-order valence-electron chi connectivity index (χ0n) is 15.5. The summed E-state index contributed by atoms with van der Waals surface area (Å²) in [4.78, 5) is 6.81. The maximum atomic E-state index is 13.3. The Morgan fingerprint density at radius 2 is 2.00 bits per heavy atom. The molecule has 0 aliphatic carbocycles. The number of hydrogen-bond acceptors (Lipinski definition) is 5. The van der Waals surface area contributed by atoms with Crippen molar-refractivity contribution in [3.63, 3.8) is 0 Å². The summed E-state index contributed by atoms with van der Waals surface area (Å²) < 4.78 is 37.7. The minimum atomic E-state index is -3.09. The first kappa shape index (κ1) is 19.7. The summed E-state index contributed by atoms with van der Waals surface area (Å²) in [6.45, 7) is 4.04. The first-order valence-electron chi connectivity index (χ1n) is 8.95. The molecule has 0 radical (unpaired) electrons. The Balaban J connectivity index is 1.66. The van der Waals surface area contributed by atoms with E-state index in [-0.39, 0.29) is 29.4 Å². The zero-order chi connectivity index (χ0) is 20.1. The molecular weight excluding hydrogens is 419 g/mol. The average molecular weight is 439 g/mol. The largest absolute Gasteiger partial charge is 0.315 e. The van der Waals surface area contributed by atoms with Gasteiger partial charge in [0.2, 0.25) is 0 Å². The van der Waals surface area contributed by atoms with E-state index >= 15 is 0 Å². The molecule has 2 heterocycles. The Morgan fingerprint density at radius 1 is 1.21 bits per heavy atom. The highest BCUT2D eigenvalue weighted by Gasteiger charge is 2.47. The summed E-state index contributed by atoms with van der Waals surface area (Å²) in [6.07, 6.45) is 0. The number of aliphatic imine (C=N–C) groups is 1. The van der Waals surface area contributed by atoms with Crippen LogP contribution in [0.15, 0.2) is 41.4 Å². The lowest BCUT2D eigenvalue weighted by Crippen LogP contribution is -2.39. The maximum absolute atomic E-state index is 13.3.